The number of aliphatic hydroxyl groups excluding tert-OH is 1. The molecule has 4 aliphatic carbocycles. The molecule has 1 N–H and O–H groups in total. The van der Waals surface area contributed by atoms with E-state index in [1.54, 1.807) is 0 Å². The van der Waals surface area contributed by atoms with Gasteiger partial charge in [-0.05, 0) is 80.1 Å². The van der Waals surface area contributed by atoms with Crippen LogP contribution in [0.5, 0.6) is 0 Å². The molecule has 4 aliphatic rings. The van der Waals surface area contributed by atoms with Gasteiger partial charge in [-0.25, -0.2) is 0 Å². The molecule has 4 saturated carbocycles. The first-order chi connectivity index (χ1) is 9.79. The van der Waals surface area contributed by atoms with Crippen molar-refractivity contribution in [2.45, 2.75) is 51.0 Å². The zero-order valence-corrected chi connectivity index (χ0v) is 12.2. The number of rotatable bonds is 4. The van der Waals surface area contributed by atoms with Gasteiger partial charge in [-0.2, -0.15) is 0 Å². The van der Waals surface area contributed by atoms with Crippen LogP contribution in [0.3, 0.4) is 0 Å². The maximum atomic E-state index is 10.7. The van der Waals surface area contributed by atoms with E-state index in [1.165, 1.54) is 37.7 Å². The summed E-state index contributed by atoms with van der Waals surface area (Å²) in [6.07, 6.45) is 9.09. The maximum Gasteiger partial charge on any atom is 0.0576 e. The van der Waals surface area contributed by atoms with Crippen molar-refractivity contribution in [1.29, 1.82) is 0 Å². The molecule has 1 aromatic rings. The summed E-state index contributed by atoms with van der Waals surface area (Å²) in [5.74, 6) is 4.32. The summed E-state index contributed by atoms with van der Waals surface area (Å²) in [4.78, 5) is 0. The molecule has 1 nitrogen and oxygen atoms in total. The lowest BCUT2D eigenvalue weighted by Crippen LogP contribution is -2.49. The number of benzene rings is 1. The first-order valence-corrected chi connectivity index (χ1v) is 8.51. The molecule has 0 radical (unpaired) electrons. The maximum absolute atomic E-state index is 10.7. The average Bonchev–Trinajstić information content (AvgIpc) is 2.45. The molecule has 0 saturated heterocycles. The summed E-state index contributed by atoms with van der Waals surface area (Å²) >= 11 is 0. The second-order valence-corrected chi connectivity index (χ2v) is 7.60. The Morgan fingerprint density at radius 3 is 2.10 bits per heavy atom. The van der Waals surface area contributed by atoms with Gasteiger partial charge in [0.05, 0.1) is 6.10 Å². The molecule has 1 heteroatoms. The normalized spacial score (nSPS) is 40.0. The van der Waals surface area contributed by atoms with Crippen LogP contribution in [0.1, 0.15) is 44.1 Å². The lowest BCUT2D eigenvalue weighted by molar-refractivity contribution is -0.0909. The van der Waals surface area contributed by atoms with Crippen LogP contribution in [0.25, 0.3) is 0 Å². The zero-order chi connectivity index (χ0) is 13.5. The minimum Gasteiger partial charge on any atom is -0.393 e. The molecule has 1 aromatic carbocycles. The smallest absolute Gasteiger partial charge is 0.0576 e. The van der Waals surface area contributed by atoms with Gasteiger partial charge in [-0.15, -0.1) is 0 Å². The standard InChI is InChI=1S/C19H26O/c20-18(7-6-13-4-2-1-3-5-13)19-16-9-14-8-15(11-16)12-17(19)10-14/h1-5,14-20H,6-12H2. The molecule has 0 heterocycles. The highest BCUT2D eigenvalue weighted by Crippen LogP contribution is 2.57. The van der Waals surface area contributed by atoms with E-state index in [4.69, 9.17) is 0 Å². The number of aliphatic hydroxyl groups is 1. The summed E-state index contributed by atoms with van der Waals surface area (Å²) in [7, 11) is 0. The predicted octanol–water partition coefficient (Wildman–Crippen LogP) is 4.05. The molecule has 0 amide bonds. The Morgan fingerprint density at radius 2 is 1.50 bits per heavy atom. The summed E-state index contributed by atoms with van der Waals surface area (Å²) < 4.78 is 0. The van der Waals surface area contributed by atoms with Gasteiger partial charge in [0.1, 0.15) is 0 Å². The largest absolute Gasteiger partial charge is 0.393 e. The van der Waals surface area contributed by atoms with E-state index < -0.39 is 0 Å². The van der Waals surface area contributed by atoms with Crippen LogP contribution in [-0.4, -0.2) is 11.2 Å². The molecule has 1 unspecified atom stereocenters. The van der Waals surface area contributed by atoms with Crippen LogP contribution in [0.4, 0.5) is 0 Å². The number of hydrogen-bond donors (Lipinski definition) is 1. The third-order valence-corrected chi connectivity index (χ3v) is 6.32. The molecule has 108 valence electrons. The fourth-order valence-corrected chi connectivity index (χ4v) is 5.75. The van der Waals surface area contributed by atoms with Crippen LogP contribution in [0.15, 0.2) is 30.3 Å². The van der Waals surface area contributed by atoms with Crippen molar-refractivity contribution >= 4 is 0 Å². The Balaban J connectivity index is 1.40. The van der Waals surface area contributed by atoms with Crippen LogP contribution in [0.2, 0.25) is 0 Å². The Labute approximate surface area is 122 Å². The van der Waals surface area contributed by atoms with Crippen molar-refractivity contribution in [3.05, 3.63) is 35.9 Å². The van der Waals surface area contributed by atoms with Gasteiger partial charge in [-0.1, -0.05) is 30.3 Å². The second-order valence-electron chi connectivity index (χ2n) is 7.60. The van der Waals surface area contributed by atoms with Crippen LogP contribution < -0.4 is 0 Å². The topological polar surface area (TPSA) is 20.2 Å². The van der Waals surface area contributed by atoms with Crippen molar-refractivity contribution in [1.82, 2.24) is 0 Å². The minimum atomic E-state index is -0.0646. The van der Waals surface area contributed by atoms with E-state index in [2.05, 4.69) is 30.3 Å². The molecular weight excluding hydrogens is 244 g/mol. The second kappa shape index (κ2) is 5.18. The summed E-state index contributed by atoms with van der Waals surface area (Å²) in [6, 6.07) is 10.6. The van der Waals surface area contributed by atoms with E-state index in [0.29, 0.717) is 5.92 Å². The Hall–Kier alpha value is -0.820. The zero-order valence-electron chi connectivity index (χ0n) is 12.2. The molecular formula is C19H26O. The Morgan fingerprint density at radius 1 is 0.900 bits per heavy atom. The highest BCUT2D eigenvalue weighted by atomic mass is 16.3. The van der Waals surface area contributed by atoms with Gasteiger partial charge in [0, 0.05) is 0 Å². The molecule has 20 heavy (non-hydrogen) atoms. The molecule has 0 spiro atoms. The van der Waals surface area contributed by atoms with Crippen molar-refractivity contribution in [2.24, 2.45) is 29.6 Å². The van der Waals surface area contributed by atoms with Gasteiger partial charge in [0.2, 0.25) is 0 Å². The molecule has 0 aliphatic heterocycles. The Bertz CT molecular complexity index is 424. The summed E-state index contributed by atoms with van der Waals surface area (Å²) in [6.45, 7) is 0. The van der Waals surface area contributed by atoms with E-state index in [1.807, 2.05) is 0 Å². The third kappa shape index (κ3) is 2.30. The van der Waals surface area contributed by atoms with Crippen molar-refractivity contribution in [3.8, 4) is 0 Å². The fourth-order valence-electron chi connectivity index (χ4n) is 5.75. The van der Waals surface area contributed by atoms with Crippen LogP contribution in [0, 0.1) is 29.6 Å². The SMILES string of the molecule is OC(CCc1ccccc1)C1C2CC3CC(C2)CC1C3. The lowest BCUT2D eigenvalue weighted by Gasteiger charge is -2.55. The van der Waals surface area contributed by atoms with E-state index in [0.717, 1.165) is 36.5 Å². The predicted molar refractivity (Wildman–Crippen MR) is 81.3 cm³/mol. The Kier molecular flexibility index (Phi) is 3.34. The van der Waals surface area contributed by atoms with E-state index in [9.17, 15) is 5.11 Å². The highest BCUT2D eigenvalue weighted by molar-refractivity contribution is 5.15. The van der Waals surface area contributed by atoms with Crippen molar-refractivity contribution in [3.63, 3.8) is 0 Å². The summed E-state index contributed by atoms with van der Waals surface area (Å²) in [5.41, 5.74) is 1.37. The monoisotopic (exact) mass is 270 g/mol. The first-order valence-electron chi connectivity index (χ1n) is 8.51. The average molecular weight is 270 g/mol. The van der Waals surface area contributed by atoms with Gasteiger partial charge in [0.15, 0.2) is 0 Å². The molecule has 0 aromatic heterocycles. The third-order valence-electron chi connectivity index (χ3n) is 6.32. The first kappa shape index (κ1) is 12.9. The van der Waals surface area contributed by atoms with E-state index >= 15 is 0 Å². The van der Waals surface area contributed by atoms with Crippen molar-refractivity contribution in [2.75, 3.05) is 0 Å². The van der Waals surface area contributed by atoms with Crippen LogP contribution >= 0.6 is 0 Å². The van der Waals surface area contributed by atoms with Gasteiger partial charge >= 0.3 is 0 Å². The highest BCUT2D eigenvalue weighted by Gasteiger charge is 2.50. The molecule has 4 fully saturated rings. The molecule has 5 rings (SSSR count). The number of hydrogen-bond acceptors (Lipinski definition) is 1. The molecule has 1 atom stereocenters. The number of aryl methyl sites for hydroxylation is 1. The lowest BCUT2D eigenvalue weighted by atomic mass is 9.50. The minimum absolute atomic E-state index is 0.0646. The van der Waals surface area contributed by atoms with Crippen molar-refractivity contribution < 1.29 is 5.11 Å². The van der Waals surface area contributed by atoms with Gasteiger partial charge < -0.3 is 5.11 Å². The fraction of sp³-hybridized carbons (Fsp3) is 0.684. The quantitative estimate of drug-likeness (QED) is 0.875. The summed E-state index contributed by atoms with van der Waals surface area (Å²) in [5, 5.41) is 10.7. The van der Waals surface area contributed by atoms with Gasteiger partial charge in [0.25, 0.3) is 0 Å². The van der Waals surface area contributed by atoms with Crippen LogP contribution in [-0.2, 0) is 6.42 Å². The molecule has 4 bridgehead atoms. The van der Waals surface area contributed by atoms with E-state index in [-0.39, 0.29) is 6.10 Å². The van der Waals surface area contributed by atoms with Gasteiger partial charge in [-0.3, -0.25) is 0 Å².